The Morgan fingerprint density at radius 1 is 1.33 bits per heavy atom. The number of ether oxygens (including phenoxy) is 1. The van der Waals surface area contributed by atoms with Gasteiger partial charge in [0.2, 0.25) is 0 Å². The van der Waals surface area contributed by atoms with E-state index in [2.05, 4.69) is 0 Å². The number of para-hydroxylation sites is 1. The molecule has 78 valence electrons. The Bertz CT molecular complexity index is 393. The zero-order chi connectivity index (χ0) is 10.7. The summed E-state index contributed by atoms with van der Waals surface area (Å²) in [5.74, 6) is 1.36. The fraction of sp³-hybridized carbons (Fsp3) is 0.308. The Hall–Kier alpha value is -1.57. The van der Waals surface area contributed by atoms with E-state index in [9.17, 15) is 4.79 Å². The minimum absolute atomic E-state index is 0.206. The lowest BCUT2D eigenvalue weighted by Crippen LogP contribution is -2.09. The van der Waals surface area contributed by atoms with Crippen molar-refractivity contribution in [3.05, 3.63) is 42.0 Å². The zero-order valence-corrected chi connectivity index (χ0v) is 8.77. The van der Waals surface area contributed by atoms with Crippen LogP contribution in [0.15, 0.2) is 36.4 Å². The zero-order valence-electron chi connectivity index (χ0n) is 8.77. The summed E-state index contributed by atoms with van der Waals surface area (Å²) in [5, 5.41) is 0. The van der Waals surface area contributed by atoms with E-state index in [4.69, 9.17) is 4.74 Å². The van der Waals surface area contributed by atoms with Gasteiger partial charge in [-0.25, -0.2) is 0 Å². The molecular formula is C13H14O2. The minimum Gasteiger partial charge on any atom is -0.496 e. The highest BCUT2D eigenvalue weighted by Crippen LogP contribution is 2.33. The van der Waals surface area contributed by atoms with Gasteiger partial charge in [0.1, 0.15) is 5.75 Å². The highest BCUT2D eigenvalue weighted by molar-refractivity contribution is 5.91. The minimum atomic E-state index is 0.206. The average Bonchev–Trinajstić information content (AvgIpc) is 2.29. The summed E-state index contributed by atoms with van der Waals surface area (Å²) < 4.78 is 5.30. The molecular weight excluding hydrogens is 188 g/mol. The molecule has 2 heteroatoms. The summed E-state index contributed by atoms with van der Waals surface area (Å²) in [4.78, 5) is 11.3. The predicted molar refractivity (Wildman–Crippen MR) is 59.1 cm³/mol. The lowest BCUT2D eigenvalue weighted by Gasteiger charge is -2.19. The molecule has 0 aromatic heterocycles. The predicted octanol–water partition coefficient (Wildman–Crippen LogP) is 2.70. The van der Waals surface area contributed by atoms with Gasteiger partial charge in [-0.2, -0.15) is 0 Å². The van der Waals surface area contributed by atoms with Gasteiger partial charge in [-0.3, -0.25) is 4.79 Å². The van der Waals surface area contributed by atoms with E-state index < -0.39 is 0 Å². The smallest absolute Gasteiger partial charge is 0.155 e. The quantitative estimate of drug-likeness (QED) is 0.737. The first-order valence-electron chi connectivity index (χ1n) is 5.13. The second-order valence-electron chi connectivity index (χ2n) is 3.75. The van der Waals surface area contributed by atoms with Crippen LogP contribution in [-0.2, 0) is 4.79 Å². The van der Waals surface area contributed by atoms with E-state index in [1.165, 1.54) is 0 Å². The van der Waals surface area contributed by atoms with Crippen LogP contribution in [0.5, 0.6) is 5.75 Å². The molecule has 0 unspecified atom stereocenters. The number of ketones is 1. The number of carbonyl (C=O) groups excluding carboxylic acids is 1. The first-order chi connectivity index (χ1) is 7.31. The molecule has 0 heterocycles. The molecule has 0 saturated heterocycles. The third-order valence-electron chi connectivity index (χ3n) is 2.75. The van der Waals surface area contributed by atoms with Crippen LogP contribution >= 0.6 is 0 Å². The van der Waals surface area contributed by atoms with E-state index in [0.29, 0.717) is 6.42 Å². The van der Waals surface area contributed by atoms with E-state index in [1.807, 2.05) is 30.3 Å². The maximum atomic E-state index is 11.3. The molecule has 1 aliphatic carbocycles. The van der Waals surface area contributed by atoms with Crippen LogP contribution in [-0.4, -0.2) is 12.9 Å². The first-order valence-corrected chi connectivity index (χ1v) is 5.13. The van der Waals surface area contributed by atoms with Crippen LogP contribution in [0, 0.1) is 0 Å². The summed E-state index contributed by atoms with van der Waals surface area (Å²) in [7, 11) is 1.67. The van der Waals surface area contributed by atoms with Crippen molar-refractivity contribution in [1.29, 1.82) is 0 Å². The Morgan fingerprint density at radius 2 is 2.13 bits per heavy atom. The number of benzene rings is 1. The highest BCUT2D eigenvalue weighted by Gasteiger charge is 2.19. The van der Waals surface area contributed by atoms with Crippen LogP contribution < -0.4 is 4.74 Å². The molecule has 0 bridgehead atoms. The molecule has 15 heavy (non-hydrogen) atoms. The average molecular weight is 202 g/mol. The molecule has 2 nitrogen and oxygen atoms in total. The van der Waals surface area contributed by atoms with E-state index in [1.54, 1.807) is 13.2 Å². The van der Waals surface area contributed by atoms with Crippen LogP contribution in [0.1, 0.15) is 24.3 Å². The molecule has 0 N–H and O–H groups in total. The second-order valence-corrected chi connectivity index (χ2v) is 3.75. The normalized spacial score (nSPS) is 20.3. The molecule has 0 saturated carbocycles. The maximum absolute atomic E-state index is 11.3. The topological polar surface area (TPSA) is 26.3 Å². The molecule has 1 aliphatic rings. The first kappa shape index (κ1) is 9.97. The third kappa shape index (κ3) is 2.09. The molecule has 1 aromatic carbocycles. The van der Waals surface area contributed by atoms with Crippen molar-refractivity contribution in [2.45, 2.75) is 18.8 Å². The second kappa shape index (κ2) is 4.30. The third-order valence-corrected chi connectivity index (χ3v) is 2.75. The number of methoxy groups -OCH3 is 1. The highest BCUT2D eigenvalue weighted by atomic mass is 16.5. The number of hydrogen-bond donors (Lipinski definition) is 0. The van der Waals surface area contributed by atoms with Crippen molar-refractivity contribution < 1.29 is 9.53 Å². The molecule has 0 spiro atoms. The monoisotopic (exact) mass is 202 g/mol. The summed E-state index contributed by atoms with van der Waals surface area (Å²) >= 11 is 0. The number of hydrogen-bond acceptors (Lipinski definition) is 2. The molecule has 1 aromatic rings. The van der Waals surface area contributed by atoms with Gasteiger partial charge in [-0.05, 0) is 30.0 Å². The number of allylic oxidation sites excluding steroid dienone is 2. The van der Waals surface area contributed by atoms with Crippen molar-refractivity contribution in [1.82, 2.24) is 0 Å². The Labute approximate surface area is 89.6 Å². The van der Waals surface area contributed by atoms with Gasteiger partial charge in [0.05, 0.1) is 7.11 Å². The van der Waals surface area contributed by atoms with E-state index in [0.717, 1.165) is 17.7 Å². The Morgan fingerprint density at radius 3 is 2.87 bits per heavy atom. The number of rotatable bonds is 2. The Kier molecular flexibility index (Phi) is 2.86. The van der Waals surface area contributed by atoms with Gasteiger partial charge < -0.3 is 4.74 Å². The van der Waals surface area contributed by atoms with Gasteiger partial charge in [0.25, 0.3) is 0 Å². The van der Waals surface area contributed by atoms with Gasteiger partial charge in [0.15, 0.2) is 5.78 Å². The van der Waals surface area contributed by atoms with Crippen molar-refractivity contribution in [2.75, 3.05) is 7.11 Å². The fourth-order valence-corrected chi connectivity index (χ4v) is 2.00. The van der Waals surface area contributed by atoms with Crippen LogP contribution in [0.4, 0.5) is 0 Å². The summed E-state index contributed by atoms with van der Waals surface area (Å²) in [6, 6.07) is 7.91. The molecule has 0 aliphatic heterocycles. The van der Waals surface area contributed by atoms with Crippen molar-refractivity contribution in [3.63, 3.8) is 0 Å². The molecule has 2 rings (SSSR count). The lowest BCUT2D eigenvalue weighted by molar-refractivity contribution is -0.115. The molecule has 0 radical (unpaired) electrons. The van der Waals surface area contributed by atoms with E-state index in [-0.39, 0.29) is 11.7 Å². The van der Waals surface area contributed by atoms with Gasteiger partial charge in [-0.1, -0.05) is 24.3 Å². The largest absolute Gasteiger partial charge is 0.496 e. The fourth-order valence-electron chi connectivity index (χ4n) is 2.00. The van der Waals surface area contributed by atoms with Crippen molar-refractivity contribution in [3.8, 4) is 5.75 Å². The van der Waals surface area contributed by atoms with Gasteiger partial charge in [-0.15, -0.1) is 0 Å². The maximum Gasteiger partial charge on any atom is 0.155 e. The molecule has 1 atom stereocenters. The van der Waals surface area contributed by atoms with E-state index >= 15 is 0 Å². The number of carbonyl (C=O) groups is 1. The summed E-state index contributed by atoms with van der Waals surface area (Å²) in [6.45, 7) is 0. The van der Waals surface area contributed by atoms with Crippen molar-refractivity contribution >= 4 is 5.78 Å². The standard InChI is InChI=1S/C13H14O2/c1-15-13-8-3-2-7-12(13)10-5-4-6-11(14)9-10/h2-4,6-8,10H,5,9H2,1H3/t10-/m1/s1. The lowest BCUT2D eigenvalue weighted by atomic mass is 9.87. The van der Waals surface area contributed by atoms with Crippen LogP contribution in [0.2, 0.25) is 0 Å². The Balaban J connectivity index is 2.29. The summed E-state index contributed by atoms with van der Waals surface area (Å²) in [5.41, 5.74) is 1.14. The van der Waals surface area contributed by atoms with Crippen molar-refractivity contribution in [2.24, 2.45) is 0 Å². The van der Waals surface area contributed by atoms with Crippen LogP contribution in [0.3, 0.4) is 0 Å². The van der Waals surface area contributed by atoms with Crippen LogP contribution in [0.25, 0.3) is 0 Å². The molecule has 0 fully saturated rings. The van der Waals surface area contributed by atoms with Gasteiger partial charge >= 0.3 is 0 Å². The summed E-state index contributed by atoms with van der Waals surface area (Å²) in [6.07, 6.45) is 5.14. The SMILES string of the molecule is COc1ccccc1[C@@H]1CC=CC(=O)C1. The van der Waals surface area contributed by atoms with Gasteiger partial charge in [0, 0.05) is 6.42 Å². The molecule has 0 amide bonds.